The number of aromatic nitrogens is 3. The highest BCUT2D eigenvalue weighted by Gasteiger charge is 2.28. The summed E-state index contributed by atoms with van der Waals surface area (Å²) in [5, 5.41) is 9.94. The van der Waals surface area contributed by atoms with Crippen molar-refractivity contribution in [3.8, 4) is 17.1 Å². The minimum absolute atomic E-state index is 0.181. The summed E-state index contributed by atoms with van der Waals surface area (Å²) in [4.78, 5) is 43.2. The molecule has 8 heteroatoms. The third-order valence-electron chi connectivity index (χ3n) is 5.57. The molecule has 2 N–H and O–H groups in total. The van der Waals surface area contributed by atoms with E-state index in [0.29, 0.717) is 18.8 Å². The molecule has 4 aromatic rings. The molecule has 0 fully saturated rings. The summed E-state index contributed by atoms with van der Waals surface area (Å²) in [5.41, 5.74) is 2.73. The summed E-state index contributed by atoms with van der Waals surface area (Å²) in [5.74, 6) is -1.62. The van der Waals surface area contributed by atoms with E-state index in [4.69, 9.17) is 0 Å². The molecule has 8 nitrogen and oxygen atoms in total. The minimum Gasteiger partial charge on any atom is -0.349 e. The highest BCUT2D eigenvalue weighted by Crippen LogP contribution is 2.19. The monoisotopic (exact) mass is 481 g/mol. The maximum absolute atomic E-state index is 13.4. The number of carbonyl (C=O) groups is 3. The van der Waals surface area contributed by atoms with Crippen LogP contribution in [0.25, 0.3) is 17.1 Å². The van der Waals surface area contributed by atoms with Gasteiger partial charge >= 0.3 is 0 Å². The molecule has 36 heavy (non-hydrogen) atoms. The first-order chi connectivity index (χ1) is 17.6. The number of ketones is 1. The lowest BCUT2D eigenvalue weighted by molar-refractivity contribution is -0.138. The Morgan fingerprint density at radius 3 is 2.36 bits per heavy atom. The third kappa shape index (κ3) is 5.90. The number of hydrogen-bond acceptors (Lipinski definition) is 5. The Kier molecular flexibility index (Phi) is 7.97. The van der Waals surface area contributed by atoms with Crippen LogP contribution in [-0.2, 0) is 16.0 Å². The molecule has 0 aliphatic heterocycles. The van der Waals surface area contributed by atoms with Crippen molar-refractivity contribution < 1.29 is 14.4 Å². The standard InChI is InChI=1S/C28H27N5O3/c1-2-16-30-28(36)25(34)24(19-20-10-5-3-6-11-20)31-27(35)22-14-9-17-29-26(22)33-18-15-23(32-33)21-12-7-4-8-13-21/h3-15,17-18,24H,2,16,19H2,1H3,(H,30,36)(H,31,35)/t24-/m0/s1. The average molecular weight is 482 g/mol. The molecule has 0 radical (unpaired) electrons. The molecule has 0 bridgehead atoms. The van der Waals surface area contributed by atoms with Gasteiger partial charge in [-0.2, -0.15) is 5.10 Å². The van der Waals surface area contributed by atoms with Crippen molar-refractivity contribution >= 4 is 17.6 Å². The lowest BCUT2D eigenvalue weighted by atomic mass is 10.0. The van der Waals surface area contributed by atoms with Gasteiger partial charge in [-0.1, -0.05) is 67.6 Å². The van der Waals surface area contributed by atoms with Crippen molar-refractivity contribution in [2.45, 2.75) is 25.8 Å². The van der Waals surface area contributed by atoms with Crippen molar-refractivity contribution in [3.05, 3.63) is 102 Å². The molecule has 182 valence electrons. The number of nitrogens with one attached hydrogen (secondary N) is 2. The molecule has 0 aliphatic carbocycles. The van der Waals surface area contributed by atoms with Gasteiger partial charge in [0.1, 0.15) is 6.04 Å². The summed E-state index contributed by atoms with van der Waals surface area (Å²) in [6.07, 6.45) is 4.18. The molecular formula is C28H27N5O3. The lowest BCUT2D eigenvalue weighted by Gasteiger charge is -2.18. The van der Waals surface area contributed by atoms with E-state index in [-0.39, 0.29) is 12.0 Å². The second-order valence-corrected chi connectivity index (χ2v) is 8.22. The van der Waals surface area contributed by atoms with Gasteiger partial charge in [-0.05, 0) is 30.2 Å². The Morgan fingerprint density at radius 1 is 0.917 bits per heavy atom. The smallest absolute Gasteiger partial charge is 0.289 e. The summed E-state index contributed by atoms with van der Waals surface area (Å²) in [6.45, 7) is 2.28. The molecular weight excluding hydrogens is 454 g/mol. The highest BCUT2D eigenvalue weighted by molar-refractivity contribution is 6.38. The Hall–Kier alpha value is -4.59. The van der Waals surface area contributed by atoms with Crippen LogP contribution in [0.15, 0.2) is 91.3 Å². The number of Topliss-reactive ketones (excluding diaryl/α,β-unsaturated/α-hetero) is 1. The Balaban J connectivity index is 1.60. The van der Waals surface area contributed by atoms with E-state index in [2.05, 4.69) is 20.7 Å². The van der Waals surface area contributed by atoms with Crippen LogP contribution in [0.4, 0.5) is 0 Å². The summed E-state index contributed by atoms with van der Waals surface area (Å²) in [7, 11) is 0. The molecule has 0 saturated carbocycles. The van der Waals surface area contributed by atoms with Gasteiger partial charge < -0.3 is 10.6 Å². The number of pyridine rings is 1. The molecule has 0 saturated heterocycles. The van der Waals surface area contributed by atoms with Gasteiger partial charge in [0.15, 0.2) is 5.82 Å². The molecule has 0 unspecified atom stereocenters. The van der Waals surface area contributed by atoms with Crippen molar-refractivity contribution in [3.63, 3.8) is 0 Å². The predicted molar refractivity (Wildman–Crippen MR) is 137 cm³/mol. The summed E-state index contributed by atoms with van der Waals surface area (Å²) in [6, 6.07) is 23.0. The van der Waals surface area contributed by atoms with Crippen LogP contribution in [0.2, 0.25) is 0 Å². The van der Waals surface area contributed by atoms with Crippen LogP contribution in [0, 0.1) is 0 Å². The largest absolute Gasteiger partial charge is 0.349 e. The number of hydrogen-bond donors (Lipinski definition) is 2. The van der Waals surface area contributed by atoms with Crippen molar-refractivity contribution in [2.75, 3.05) is 6.54 Å². The first-order valence-electron chi connectivity index (χ1n) is 11.8. The van der Waals surface area contributed by atoms with Crippen LogP contribution in [0.3, 0.4) is 0 Å². The van der Waals surface area contributed by atoms with E-state index in [1.54, 1.807) is 24.5 Å². The van der Waals surface area contributed by atoms with Crippen LogP contribution < -0.4 is 10.6 Å². The fourth-order valence-corrected chi connectivity index (χ4v) is 3.74. The van der Waals surface area contributed by atoms with Gasteiger partial charge in [0.2, 0.25) is 5.78 Å². The quantitative estimate of drug-likeness (QED) is 0.338. The lowest BCUT2D eigenvalue weighted by Crippen LogP contribution is -2.49. The predicted octanol–water partition coefficient (Wildman–Crippen LogP) is 3.37. The second kappa shape index (κ2) is 11.7. The summed E-state index contributed by atoms with van der Waals surface area (Å²) >= 11 is 0. The Morgan fingerprint density at radius 2 is 1.64 bits per heavy atom. The average Bonchev–Trinajstić information content (AvgIpc) is 3.42. The topological polar surface area (TPSA) is 106 Å². The van der Waals surface area contributed by atoms with E-state index in [9.17, 15) is 14.4 Å². The van der Waals surface area contributed by atoms with Gasteiger partial charge in [-0.25, -0.2) is 9.67 Å². The maximum atomic E-state index is 13.4. The molecule has 2 aromatic carbocycles. The van der Waals surface area contributed by atoms with E-state index in [1.807, 2.05) is 73.7 Å². The van der Waals surface area contributed by atoms with Crippen molar-refractivity contribution in [1.82, 2.24) is 25.4 Å². The van der Waals surface area contributed by atoms with Gasteiger partial charge in [0.25, 0.3) is 11.8 Å². The molecule has 1 atom stereocenters. The Labute approximate surface area is 209 Å². The number of amides is 2. The molecule has 0 spiro atoms. The van der Waals surface area contributed by atoms with Crippen molar-refractivity contribution in [1.29, 1.82) is 0 Å². The van der Waals surface area contributed by atoms with E-state index in [0.717, 1.165) is 16.8 Å². The zero-order chi connectivity index (χ0) is 25.3. The molecule has 4 rings (SSSR count). The van der Waals surface area contributed by atoms with Crippen molar-refractivity contribution in [2.24, 2.45) is 0 Å². The normalized spacial score (nSPS) is 11.5. The van der Waals surface area contributed by atoms with E-state index >= 15 is 0 Å². The highest BCUT2D eigenvalue weighted by atomic mass is 16.2. The fraction of sp³-hybridized carbons (Fsp3) is 0.179. The summed E-state index contributed by atoms with van der Waals surface area (Å²) < 4.78 is 1.53. The number of nitrogens with zero attached hydrogens (tertiary/aromatic N) is 3. The van der Waals surface area contributed by atoms with Crippen LogP contribution >= 0.6 is 0 Å². The van der Waals surface area contributed by atoms with Crippen LogP contribution in [0.1, 0.15) is 29.3 Å². The van der Waals surface area contributed by atoms with Gasteiger partial charge in [0.05, 0.1) is 11.3 Å². The fourth-order valence-electron chi connectivity index (χ4n) is 3.74. The first-order valence-corrected chi connectivity index (χ1v) is 11.8. The van der Waals surface area contributed by atoms with Gasteiger partial charge in [-0.15, -0.1) is 0 Å². The second-order valence-electron chi connectivity index (χ2n) is 8.22. The molecule has 0 aliphatic rings. The number of benzene rings is 2. The third-order valence-corrected chi connectivity index (χ3v) is 5.57. The number of carbonyl (C=O) groups excluding carboxylic acids is 3. The molecule has 2 amide bonds. The van der Waals surface area contributed by atoms with Gasteiger partial charge in [-0.3, -0.25) is 14.4 Å². The van der Waals surface area contributed by atoms with E-state index in [1.165, 1.54) is 4.68 Å². The number of rotatable bonds is 10. The minimum atomic E-state index is -1.04. The molecule has 2 aromatic heterocycles. The Bertz CT molecular complexity index is 1340. The zero-order valence-corrected chi connectivity index (χ0v) is 19.9. The first kappa shape index (κ1) is 24.5. The zero-order valence-electron chi connectivity index (χ0n) is 19.9. The van der Waals surface area contributed by atoms with Crippen LogP contribution in [0.5, 0.6) is 0 Å². The van der Waals surface area contributed by atoms with Gasteiger partial charge in [0, 0.05) is 30.9 Å². The molecule has 2 heterocycles. The van der Waals surface area contributed by atoms with Crippen LogP contribution in [-0.4, -0.2) is 44.9 Å². The SMILES string of the molecule is CCCNC(=O)C(=O)[C@H](Cc1ccccc1)NC(=O)c1cccnc1-n1ccc(-c2ccccc2)n1. The maximum Gasteiger partial charge on any atom is 0.289 e. The van der Waals surface area contributed by atoms with E-state index < -0.39 is 23.6 Å².